The van der Waals surface area contributed by atoms with Crippen LogP contribution in [0.1, 0.15) is 51.4 Å². The molecule has 1 heterocycles. The first kappa shape index (κ1) is 16.4. The van der Waals surface area contributed by atoms with Gasteiger partial charge in [-0.3, -0.25) is 0 Å². The number of hydrogen-bond acceptors (Lipinski definition) is 1. The molecule has 21 heavy (non-hydrogen) atoms. The van der Waals surface area contributed by atoms with Crippen LogP contribution >= 0.6 is 11.6 Å². The van der Waals surface area contributed by atoms with Crippen LogP contribution in [-0.4, -0.2) is 9.55 Å². The Labute approximate surface area is 133 Å². The average molecular weight is 307 g/mol. The van der Waals surface area contributed by atoms with Gasteiger partial charge in [-0.1, -0.05) is 39.8 Å². The molecule has 0 amide bonds. The van der Waals surface area contributed by atoms with Gasteiger partial charge in [0.15, 0.2) is 0 Å². The lowest BCUT2D eigenvalue weighted by atomic mass is 9.85. The van der Waals surface area contributed by atoms with E-state index in [2.05, 4.69) is 57.4 Å². The van der Waals surface area contributed by atoms with Gasteiger partial charge in [0, 0.05) is 6.54 Å². The molecule has 0 saturated carbocycles. The van der Waals surface area contributed by atoms with Crippen molar-refractivity contribution in [3.05, 3.63) is 29.6 Å². The highest BCUT2D eigenvalue weighted by Gasteiger charge is 2.23. The van der Waals surface area contributed by atoms with Crippen LogP contribution in [0.25, 0.3) is 11.0 Å². The molecule has 0 spiro atoms. The minimum Gasteiger partial charge on any atom is -0.326 e. The molecule has 0 bridgehead atoms. The molecular formula is C18H27ClN2. The molecule has 0 aliphatic carbocycles. The van der Waals surface area contributed by atoms with Gasteiger partial charge in [0.2, 0.25) is 0 Å². The molecule has 0 radical (unpaired) electrons. The van der Waals surface area contributed by atoms with E-state index < -0.39 is 0 Å². The lowest BCUT2D eigenvalue weighted by Crippen LogP contribution is -2.23. The van der Waals surface area contributed by atoms with Crippen molar-refractivity contribution >= 4 is 22.6 Å². The summed E-state index contributed by atoms with van der Waals surface area (Å²) in [6, 6.07) is 6.31. The van der Waals surface area contributed by atoms with Gasteiger partial charge in [0.05, 0.1) is 16.4 Å². The topological polar surface area (TPSA) is 17.8 Å². The van der Waals surface area contributed by atoms with E-state index in [4.69, 9.17) is 16.6 Å². The highest BCUT2D eigenvalue weighted by atomic mass is 35.5. The maximum absolute atomic E-state index is 6.39. The molecule has 1 aromatic heterocycles. The molecule has 0 aliphatic rings. The number of fused-ring (bicyclic) bond motifs is 1. The molecule has 0 aliphatic heterocycles. The van der Waals surface area contributed by atoms with E-state index >= 15 is 0 Å². The van der Waals surface area contributed by atoms with Gasteiger partial charge in [-0.05, 0) is 43.2 Å². The number of aryl methyl sites for hydroxylation is 1. The van der Waals surface area contributed by atoms with Gasteiger partial charge in [-0.15, -0.1) is 11.6 Å². The van der Waals surface area contributed by atoms with Crippen LogP contribution in [0.3, 0.4) is 0 Å². The Balaban J connectivity index is 2.57. The number of aromatic nitrogens is 2. The third-order valence-corrected chi connectivity index (χ3v) is 4.65. The normalized spacial score (nSPS) is 13.8. The number of imidazole rings is 1. The van der Waals surface area contributed by atoms with E-state index in [1.165, 1.54) is 11.1 Å². The fraction of sp³-hybridized carbons (Fsp3) is 0.611. The van der Waals surface area contributed by atoms with E-state index in [0.29, 0.717) is 17.8 Å². The standard InChI is InChI=1S/C18H27ClN2/c1-11(2)15(12(3)4)10-21-17-13(5)8-7-9-16(17)20-18(21)14(6)19/h7-9,11-12,14-15H,10H2,1-6H3. The van der Waals surface area contributed by atoms with Crippen molar-refractivity contribution in [3.63, 3.8) is 0 Å². The van der Waals surface area contributed by atoms with Gasteiger partial charge in [0.25, 0.3) is 0 Å². The molecule has 0 N–H and O–H groups in total. The Morgan fingerprint density at radius 2 is 1.71 bits per heavy atom. The van der Waals surface area contributed by atoms with Crippen molar-refractivity contribution in [1.82, 2.24) is 9.55 Å². The van der Waals surface area contributed by atoms with Crippen LogP contribution in [0.15, 0.2) is 18.2 Å². The fourth-order valence-corrected chi connectivity index (χ4v) is 3.44. The zero-order valence-corrected chi connectivity index (χ0v) is 14.8. The smallest absolute Gasteiger partial charge is 0.127 e. The van der Waals surface area contributed by atoms with E-state index in [-0.39, 0.29) is 5.38 Å². The quantitative estimate of drug-likeness (QED) is 0.660. The summed E-state index contributed by atoms with van der Waals surface area (Å²) in [4.78, 5) is 4.78. The minimum atomic E-state index is -0.0724. The lowest BCUT2D eigenvalue weighted by Gasteiger charge is -2.27. The van der Waals surface area contributed by atoms with E-state index in [0.717, 1.165) is 17.9 Å². The highest BCUT2D eigenvalue weighted by Crippen LogP contribution is 2.30. The molecular weight excluding hydrogens is 280 g/mol. The highest BCUT2D eigenvalue weighted by molar-refractivity contribution is 6.20. The van der Waals surface area contributed by atoms with Gasteiger partial charge in [-0.2, -0.15) is 0 Å². The molecule has 2 rings (SSSR count). The Bertz CT molecular complexity index is 603. The minimum absolute atomic E-state index is 0.0724. The summed E-state index contributed by atoms with van der Waals surface area (Å²) in [7, 11) is 0. The van der Waals surface area contributed by atoms with E-state index in [9.17, 15) is 0 Å². The zero-order valence-electron chi connectivity index (χ0n) is 14.0. The summed E-state index contributed by atoms with van der Waals surface area (Å²) in [6.07, 6.45) is 0. The van der Waals surface area contributed by atoms with Crippen LogP contribution in [0, 0.1) is 24.7 Å². The Hall–Kier alpha value is -1.02. The number of halogens is 1. The van der Waals surface area contributed by atoms with Crippen molar-refractivity contribution in [2.24, 2.45) is 17.8 Å². The Morgan fingerprint density at radius 1 is 1.10 bits per heavy atom. The summed E-state index contributed by atoms with van der Waals surface area (Å²) < 4.78 is 2.35. The Kier molecular flexibility index (Phi) is 4.98. The second kappa shape index (κ2) is 6.39. The molecule has 1 aromatic carbocycles. The third-order valence-electron chi connectivity index (χ3n) is 4.46. The van der Waals surface area contributed by atoms with E-state index in [1.54, 1.807) is 0 Å². The second-order valence-corrected chi connectivity index (χ2v) is 7.45. The number of nitrogens with zero attached hydrogens (tertiary/aromatic N) is 2. The van der Waals surface area contributed by atoms with Crippen LogP contribution in [0.4, 0.5) is 0 Å². The molecule has 1 atom stereocenters. The summed E-state index contributed by atoms with van der Waals surface area (Å²) >= 11 is 6.39. The fourth-order valence-electron chi connectivity index (χ4n) is 3.27. The lowest BCUT2D eigenvalue weighted by molar-refractivity contribution is 0.252. The number of alkyl halides is 1. The largest absolute Gasteiger partial charge is 0.326 e. The van der Waals surface area contributed by atoms with Gasteiger partial charge >= 0.3 is 0 Å². The predicted octanol–water partition coefficient (Wildman–Crippen LogP) is 5.57. The summed E-state index contributed by atoms with van der Waals surface area (Å²) in [6.45, 7) is 14.4. The summed E-state index contributed by atoms with van der Waals surface area (Å²) in [5.41, 5.74) is 3.57. The van der Waals surface area contributed by atoms with Crippen molar-refractivity contribution in [2.75, 3.05) is 0 Å². The molecule has 2 nitrogen and oxygen atoms in total. The second-order valence-electron chi connectivity index (χ2n) is 6.79. The number of para-hydroxylation sites is 1. The third kappa shape index (κ3) is 3.26. The number of hydrogen-bond donors (Lipinski definition) is 0. The molecule has 0 saturated heterocycles. The maximum atomic E-state index is 6.39. The SMILES string of the molecule is Cc1cccc2nc(C(C)Cl)n(CC(C(C)C)C(C)C)c12. The van der Waals surface area contributed by atoms with Crippen LogP contribution in [-0.2, 0) is 6.54 Å². The first-order valence-electron chi connectivity index (χ1n) is 7.92. The van der Waals surface area contributed by atoms with Crippen LogP contribution < -0.4 is 0 Å². The van der Waals surface area contributed by atoms with Crippen LogP contribution in [0.5, 0.6) is 0 Å². The molecule has 3 heteroatoms. The predicted molar refractivity (Wildman–Crippen MR) is 91.9 cm³/mol. The van der Waals surface area contributed by atoms with Crippen molar-refractivity contribution in [3.8, 4) is 0 Å². The van der Waals surface area contributed by atoms with Crippen molar-refractivity contribution in [1.29, 1.82) is 0 Å². The van der Waals surface area contributed by atoms with Gasteiger partial charge < -0.3 is 4.57 Å². The van der Waals surface area contributed by atoms with Gasteiger partial charge in [0.1, 0.15) is 5.82 Å². The van der Waals surface area contributed by atoms with Crippen molar-refractivity contribution in [2.45, 2.75) is 53.5 Å². The average Bonchev–Trinajstić information content (AvgIpc) is 2.75. The molecule has 1 unspecified atom stereocenters. The number of rotatable bonds is 5. The molecule has 0 fully saturated rings. The maximum Gasteiger partial charge on any atom is 0.127 e. The van der Waals surface area contributed by atoms with Crippen LogP contribution in [0.2, 0.25) is 0 Å². The summed E-state index contributed by atoms with van der Waals surface area (Å²) in [5, 5.41) is -0.0724. The van der Waals surface area contributed by atoms with E-state index in [1.807, 2.05) is 6.92 Å². The zero-order chi connectivity index (χ0) is 15.7. The van der Waals surface area contributed by atoms with Gasteiger partial charge in [-0.25, -0.2) is 4.98 Å². The number of benzene rings is 1. The molecule has 2 aromatic rings. The Morgan fingerprint density at radius 3 is 2.24 bits per heavy atom. The first-order valence-corrected chi connectivity index (χ1v) is 8.36. The molecule has 116 valence electrons. The monoisotopic (exact) mass is 306 g/mol. The van der Waals surface area contributed by atoms with Crippen molar-refractivity contribution < 1.29 is 0 Å². The first-order chi connectivity index (χ1) is 9.82. The summed E-state index contributed by atoms with van der Waals surface area (Å²) in [5.74, 6) is 2.90.